The Morgan fingerprint density at radius 1 is 1.18 bits per heavy atom. The summed E-state index contributed by atoms with van der Waals surface area (Å²) in [7, 11) is 1.87. The zero-order chi connectivity index (χ0) is 15.8. The molecule has 1 aromatic carbocycles. The molecule has 0 aliphatic heterocycles. The Balaban J connectivity index is 1.86. The topological polar surface area (TPSA) is 34.1 Å². The molecule has 1 N–H and O–H groups in total. The molecule has 0 saturated heterocycles. The standard InChI is InChI=1S/C19H24N2O/c1-4-15(2)14-16-8-10-18(11-9-16)22-13-12-17-6-5-7-19(20-3)21-17/h5-11,14H,4,12-13H2,1-3H3,(H,20,21). The molecular weight excluding hydrogens is 272 g/mol. The van der Waals surface area contributed by atoms with E-state index in [9.17, 15) is 0 Å². The van der Waals surface area contributed by atoms with Crippen LogP contribution in [0.5, 0.6) is 5.75 Å². The quantitative estimate of drug-likeness (QED) is 0.813. The molecule has 0 amide bonds. The number of benzene rings is 1. The number of hydrogen-bond acceptors (Lipinski definition) is 3. The van der Waals surface area contributed by atoms with Crippen LogP contribution in [0.3, 0.4) is 0 Å². The van der Waals surface area contributed by atoms with E-state index in [-0.39, 0.29) is 0 Å². The van der Waals surface area contributed by atoms with Crippen molar-refractivity contribution in [3.05, 3.63) is 59.3 Å². The number of allylic oxidation sites excluding steroid dienone is 1. The van der Waals surface area contributed by atoms with E-state index < -0.39 is 0 Å². The largest absolute Gasteiger partial charge is 0.493 e. The molecule has 1 aromatic heterocycles. The third-order valence-corrected chi connectivity index (χ3v) is 3.54. The molecule has 0 spiro atoms. The highest BCUT2D eigenvalue weighted by atomic mass is 16.5. The Kier molecular flexibility index (Phi) is 6.01. The summed E-state index contributed by atoms with van der Waals surface area (Å²) in [6, 6.07) is 14.2. The summed E-state index contributed by atoms with van der Waals surface area (Å²) >= 11 is 0. The number of nitrogens with zero attached hydrogens (tertiary/aromatic N) is 1. The number of nitrogens with one attached hydrogen (secondary N) is 1. The lowest BCUT2D eigenvalue weighted by Crippen LogP contribution is -2.04. The predicted molar refractivity (Wildman–Crippen MR) is 93.4 cm³/mol. The van der Waals surface area contributed by atoms with Gasteiger partial charge in [0, 0.05) is 19.2 Å². The van der Waals surface area contributed by atoms with E-state index in [1.165, 1.54) is 11.1 Å². The molecule has 0 fully saturated rings. The number of anilines is 1. The Morgan fingerprint density at radius 2 is 1.95 bits per heavy atom. The number of ether oxygens (including phenoxy) is 1. The van der Waals surface area contributed by atoms with Crippen LogP contribution in [0.25, 0.3) is 6.08 Å². The van der Waals surface area contributed by atoms with Crippen LogP contribution >= 0.6 is 0 Å². The normalized spacial score (nSPS) is 11.3. The maximum absolute atomic E-state index is 5.79. The monoisotopic (exact) mass is 296 g/mol. The van der Waals surface area contributed by atoms with Gasteiger partial charge in [-0.25, -0.2) is 4.98 Å². The number of hydrogen-bond donors (Lipinski definition) is 1. The minimum absolute atomic E-state index is 0.628. The molecule has 3 nitrogen and oxygen atoms in total. The third-order valence-electron chi connectivity index (χ3n) is 3.54. The Hall–Kier alpha value is -2.29. The summed E-state index contributed by atoms with van der Waals surface area (Å²) in [6.45, 7) is 4.94. The van der Waals surface area contributed by atoms with Gasteiger partial charge in [-0.3, -0.25) is 0 Å². The molecular formula is C19H24N2O. The maximum atomic E-state index is 5.79. The number of aromatic nitrogens is 1. The first-order valence-corrected chi connectivity index (χ1v) is 7.75. The summed E-state index contributed by atoms with van der Waals surface area (Å²) in [5, 5.41) is 3.04. The summed E-state index contributed by atoms with van der Waals surface area (Å²) in [4.78, 5) is 4.48. The highest BCUT2D eigenvalue weighted by Crippen LogP contribution is 2.16. The van der Waals surface area contributed by atoms with Gasteiger partial charge in [-0.05, 0) is 43.2 Å². The van der Waals surface area contributed by atoms with E-state index in [4.69, 9.17) is 4.74 Å². The minimum atomic E-state index is 0.628. The molecule has 1 heterocycles. The van der Waals surface area contributed by atoms with Gasteiger partial charge in [0.2, 0.25) is 0 Å². The lowest BCUT2D eigenvalue weighted by atomic mass is 10.1. The van der Waals surface area contributed by atoms with E-state index >= 15 is 0 Å². The van der Waals surface area contributed by atoms with Crippen molar-refractivity contribution in [2.24, 2.45) is 0 Å². The van der Waals surface area contributed by atoms with E-state index in [1.807, 2.05) is 37.4 Å². The minimum Gasteiger partial charge on any atom is -0.493 e. The highest BCUT2D eigenvalue weighted by Gasteiger charge is 1.99. The molecule has 0 saturated carbocycles. The van der Waals surface area contributed by atoms with Crippen molar-refractivity contribution in [1.29, 1.82) is 0 Å². The van der Waals surface area contributed by atoms with Crippen LogP contribution in [0.1, 0.15) is 31.5 Å². The summed E-state index contributed by atoms with van der Waals surface area (Å²) in [6.07, 6.45) is 4.08. The van der Waals surface area contributed by atoms with Gasteiger partial charge in [-0.1, -0.05) is 36.8 Å². The average molecular weight is 296 g/mol. The SMILES string of the molecule is CCC(C)=Cc1ccc(OCCc2cccc(NC)n2)cc1. The van der Waals surface area contributed by atoms with E-state index in [2.05, 4.69) is 42.4 Å². The predicted octanol–water partition coefficient (Wildman–Crippen LogP) is 4.56. The van der Waals surface area contributed by atoms with Gasteiger partial charge in [-0.2, -0.15) is 0 Å². The molecule has 0 unspecified atom stereocenters. The van der Waals surface area contributed by atoms with Gasteiger partial charge in [0.05, 0.1) is 6.61 Å². The Labute approximate surface area is 133 Å². The van der Waals surface area contributed by atoms with E-state index in [1.54, 1.807) is 0 Å². The zero-order valence-corrected chi connectivity index (χ0v) is 13.6. The molecule has 2 rings (SSSR count). The summed E-state index contributed by atoms with van der Waals surface area (Å²) < 4.78 is 5.79. The van der Waals surface area contributed by atoms with Crippen molar-refractivity contribution in [3.63, 3.8) is 0 Å². The lowest BCUT2D eigenvalue weighted by Gasteiger charge is -2.07. The molecule has 2 aromatic rings. The van der Waals surface area contributed by atoms with Crippen LogP contribution < -0.4 is 10.1 Å². The molecule has 0 atom stereocenters. The van der Waals surface area contributed by atoms with Crippen molar-refractivity contribution in [3.8, 4) is 5.75 Å². The first-order chi connectivity index (χ1) is 10.7. The van der Waals surface area contributed by atoms with Crippen LogP contribution in [0.15, 0.2) is 48.0 Å². The maximum Gasteiger partial charge on any atom is 0.125 e. The van der Waals surface area contributed by atoms with Crippen molar-refractivity contribution in [2.45, 2.75) is 26.7 Å². The zero-order valence-electron chi connectivity index (χ0n) is 13.6. The lowest BCUT2D eigenvalue weighted by molar-refractivity contribution is 0.320. The molecule has 0 radical (unpaired) electrons. The van der Waals surface area contributed by atoms with Crippen molar-refractivity contribution >= 4 is 11.9 Å². The highest BCUT2D eigenvalue weighted by molar-refractivity contribution is 5.53. The molecule has 3 heteroatoms. The Bertz CT molecular complexity index is 618. The van der Waals surface area contributed by atoms with Crippen LogP contribution in [0, 0.1) is 0 Å². The fourth-order valence-electron chi connectivity index (χ4n) is 2.08. The second-order valence-electron chi connectivity index (χ2n) is 5.28. The van der Waals surface area contributed by atoms with Crippen LogP contribution in [0.2, 0.25) is 0 Å². The third kappa shape index (κ3) is 4.92. The van der Waals surface area contributed by atoms with Crippen molar-refractivity contribution in [2.75, 3.05) is 19.0 Å². The van der Waals surface area contributed by atoms with Gasteiger partial charge >= 0.3 is 0 Å². The molecule has 116 valence electrons. The molecule has 0 bridgehead atoms. The molecule has 0 aliphatic carbocycles. The van der Waals surface area contributed by atoms with E-state index in [0.29, 0.717) is 6.61 Å². The van der Waals surface area contributed by atoms with E-state index in [0.717, 1.165) is 30.1 Å². The van der Waals surface area contributed by atoms with Gasteiger partial charge in [-0.15, -0.1) is 0 Å². The number of pyridine rings is 1. The Morgan fingerprint density at radius 3 is 2.64 bits per heavy atom. The van der Waals surface area contributed by atoms with Crippen molar-refractivity contribution < 1.29 is 4.74 Å². The number of rotatable bonds is 7. The molecule has 0 aliphatic rings. The van der Waals surface area contributed by atoms with Gasteiger partial charge in [0.25, 0.3) is 0 Å². The fraction of sp³-hybridized carbons (Fsp3) is 0.316. The first kappa shape index (κ1) is 16.1. The summed E-state index contributed by atoms with van der Waals surface area (Å²) in [5.41, 5.74) is 3.63. The van der Waals surface area contributed by atoms with Crippen LogP contribution in [-0.4, -0.2) is 18.6 Å². The van der Waals surface area contributed by atoms with Crippen LogP contribution in [0.4, 0.5) is 5.82 Å². The second-order valence-corrected chi connectivity index (χ2v) is 5.28. The fourth-order valence-corrected chi connectivity index (χ4v) is 2.08. The smallest absolute Gasteiger partial charge is 0.125 e. The summed E-state index contributed by atoms with van der Waals surface area (Å²) in [5.74, 6) is 1.79. The van der Waals surface area contributed by atoms with Crippen molar-refractivity contribution in [1.82, 2.24) is 4.98 Å². The second kappa shape index (κ2) is 8.23. The van der Waals surface area contributed by atoms with Gasteiger partial charge in [0.15, 0.2) is 0 Å². The van der Waals surface area contributed by atoms with Gasteiger partial charge in [0.1, 0.15) is 11.6 Å². The van der Waals surface area contributed by atoms with Crippen LogP contribution in [-0.2, 0) is 6.42 Å². The first-order valence-electron chi connectivity index (χ1n) is 7.75. The molecule has 22 heavy (non-hydrogen) atoms. The van der Waals surface area contributed by atoms with Gasteiger partial charge < -0.3 is 10.1 Å². The average Bonchev–Trinajstić information content (AvgIpc) is 2.56.